The highest BCUT2D eigenvalue weighted by molar-refractivity contribution is 5.09. The van der Waals surface area contributed by atoms with E-state index in [0.29, 0.717) is 0 Å². The largest absolute Gasteiger partial charge is 0.368 e. The van der Waals surface area contributed by atoms with Crippen LogP contribution in [0.15, 0.2) is 36.9 Å². The molecule has 2 rings (SSSR count). The average molecular weight is 215 g/mol. The fourth-order valence-corrected chi connectivity index (χ4v) is 1.50. The van der Waals surface area contributed by atoms with Crippen LogP contribution in [0.1, 0.15) is 20.3 Å². The van der Waals surface area contributed by atoms with Crippen molar-refractivity contribution in [1.29, 1.82) is 0 Å². The van der Waals surface area contributed by atoms with Gasteiger partial charge in [-0.25, -0.2) is 0 Å². The minimum absolute atomic E-state index is 0.728. The van der Waals surface area contributed by atoms with Gasteiger partial charge < -0.3 is 9.13 Å². The van der Waals surface area contributed by atoms with Gasteiger partial charge in [-0.1, -0.05) is 19.9 Å². The van der Waals surface area contributed by atoms with Crippen LogP contribution in [0.2, 0.25) is 0 Å². The number of hydrogen-bond acceptors (Lipinski definition) is 1. The third-order valence-electron chi connectivity index (χ3n) is 2.49. The summed E-state index contributed by atoms with van der Waals surface area (Å²) in [5.74, 6) is 1.64. The monoisotopic (exact) mass is 215 g/mol. The standard InChI is InChI=1S/C13H17N3/c1-12(2)6-8-15-9-10-16(11-15)13-5-3-4-7-14-13/h3-5,7,9,11-12H,6,8H2,1-2H3. The number of hydrogen-bond donors (Lipinski definition) is 0. The van der Waals surface area contributed by atoms with Gasteiger partial charge in [-0.15, -0.1) is 0 Å². The lowest BCUT2D eigenvalue weighted by Gasteiger charge is -2.05. The number of aromatic nitrogens is 3. The van der Waals surface area contributed by atoms with Crippen LogP contribution in [-0.2, 0) is 6.54 Å². The van der Waals surface area contributed by atoms with Crippen molar-refractivity contribution in [3.8, 4) is 5.82 Å². The first-order valence-corrected chi connectivity index (χ1v) is 5.66. The predicted octanol–water partition coefficient (Wildman–Crippen LogP) is 2.01. The minimum Gasteiger partial charge on any atom is -0.368 e. The molecule has 0 atom stereocenters. The van der Waals surface area contributed by atoms with Gasteiger partial charge in [0, 0.05) is 12.4 Å². The van der Waals surface area contributed by atoms with Gasteiger partial charge in [0.2, 0.25) is 0 Å². The first-order valence-electron chi connectivity index (χ1n) is 5.66. The Kier molecular flexibility index (Phi) is 3.34. The maximum atomic E-state index is 4.28. The molecule has 0 bridgehead atoms. The highest BCUT2D eigenvalue weighted by atomic mass is 15.1. The molecule has 2 heterocycles. The van der Waals surface area contributed by atoms with E-state index in [1.54, 1.807) is 6.20 Å². The quantitative estimate of drug-likeness (QED) is 0.565. The van der Waals surface area contributed by atoms with Gasteiger partial charge in [-0.2, -0.15) is 4.98 Å². The molecular weight excluding hydrogens is 198 g/mol. The summed E-state index contributed by atoms with van der Waals surface area (Å²) < 4.78 is 4.06. The number of pyridine rings is 1. The average Bonchev–Trinajstić information content (AvgIpc) is 2.76. The molecule has 0 saturated carbocycles. The molecule has 3 nitrogen and oxygen atoms in total. The van der Waals surface area contributed by atoms with E-state index in [1.165, 1.54) is 6.42 Å². The number of aryl methyl sites for hydroxylation is 1. The van der Waals surface area contributed by atoms with Gasteiger partial charge in [0.15, 0.2) is 5.82 Å². The van der Waals surface area contributed by atoms with Crippen molar-refractivity contribution >= 4 is 0 Å². The molecular formula is C13H17N3. The van der Waals surface area contributed by atoms with Crippen molar-refractivity contribution < 1.29 is 4.57 Å². The Morgan fingerprint density at radius 3 is 3.00 bits per heavy atom. The molecule has 2 aromatic heterocycles. The molecule has 0 fully saturated rings. The van der Waals surface area contributed by atoms with Crippen LogP contribution in [0, 0.1) is 12.1 Å². The molecule has 3 heteroatoms. The Bertz CT molecular complexity index is 431. The van der Waals surface area contributed by atoms with Crippen LogP contribution in [0.5, 0.6) is 0 Å². The van der Waals surface area contributed by atoms with Gasteiger partial charge >= 0.3 is 0 Å². The van der Waals surface area contributed by atoms with Gasteiger partial charge in [0.05, 0.1) is 19.1 Å². The molecule has 0 aliphatic carbocycles. The SMILES string of the molecule is CC(C)CCn1c[c-][n+](-c2ccccn2)c1. The fraction of sp³-hybridized carbons (Fsp3) is 0.385. The summed E-state index contributed by atoms with van der Waals surface area (Å²) in [4.78, 5) is 4.28. The molecule has 0 aliphatic rings. The fourth-order valence-electron chi connectivity index (χ4n) is 1.50. The number of imidazole rings is 1. The van der Waals surface area contributed by atoms with Gasteiger partial charge in [0.1, 0.15) is 0 Å². The molecule has 0 unspecified atom stereocenters. The topological polar surface area (TPSA) is 21.7 Å². The molecule has 0 spiro atoms. The molecule has 0 saturated heterocycles. The van der Waals surface area contributed by atoms with E-state index in [1.807, 2.05) is 35.3 Å². The van der Waals surface area contributed by atoms with E-state index in [0.717, 1.165) is 18.3 Å². The van der Waals surface area contributed by atoms with Crippen molar-refractivity contribution in [2.45, 2.75) is 26.8 Å². The number of nitrogens with zero attached hydrogens (tertiary/aromatic N) is 3. The normalized spacial score (nSPS) is 10.9. The third kappa shape index (κ3) is 2.69. The summed E-state index contributed by atoms with van der Waals surface area (Å²) in [6, 6.07) is 5.87. The van der Waals surface area contributed by atoms with Crippen LogP contribution in [0.4, 0.5) is 0 Å². The summed E-state index contributed by atoms with van der Waals surface area (Å²) in [5.41, 5.74) is 0. The van der Waals surface area contributed by atoms with Crippen LogP contribution in [0.3, 0.4) is 0 Å². The van der Waals surface area contributed by atoms with E-state index in [9.17, 15) is 0 Å². The lowest BCUT2D eigenvalue weighted by Crippen LogP contribution is -2.29. The second kappa shape index (κ2) is 4.92. The second-order valence-corrected chi connectivity index (χ2v) is 4.35. The van der Waals surface area contributed by atoms with Crippen LogP contribution in [0.25, 0.3) is 5.82 Å². The second-order valence-electron chi connectivity index (χ2n) is 4.35. The smallest absolute Gasteiger partial charge is 0.158 e. The number of rotatable bonds is 4. The summed E-state index contributed by atoms with van der Waals surface area (Å²) >= 11 is 0. The third-order valence-corrected chi connectivity index (χ3v) is 2.49. The molecule has 2 aromatic rings. The van der Waals surface area contributed by atoms with Crippen molar-refractivity contribution in [2.24, 2.45) is 5.92 Å². The first kappa shape index (κ1) is 10.9. The van der Waals surface area contributed by atoms with E-state index in [4.69, 9.17) is 0 Å². The van der Waals surface area contributed by atoms with Crippen molar-refractivity contribution in [1.82, 2.24) is 9.55 Å². The lowest BCUT2D eigenvalue weighted by molar-refractivity contribution is -0.603. The molecule has 0 radical (unpaired) electrons. The molecule has 84 valence electrons. The van der Waals surface area contributed by atoms with Crippen molar-refractivity contribution in [2.75, 3.05) is 0 Å². The zero-order valence-electron chi connectivity index (χ0n) is 9.80. The predicted molar refractivity (Wildman–Crippen MR) is 62.1 cm³/mol. The Morgan fingerprint density at radius 2 is 2.31 bits per heavy atom. The van der Waals surface area contributed by atoms with Crippen LogP contribution in [-0.4, -0.2) is 9.55 Å². The molecule has 0 aromatic carbocycles. The highest BCUT2D eigenvalue weighted by Gasteiger charge is 1.99. The summed E-state index contributed by atoms with van der Waals surface area (Å²) in [5, 5.41) is 0. The van der Waals surface area contributed by atoms with Gasteiger partial charge in [-0.05, 0) is 24.5 Å². The lowest BCUT2D eigenvalue weighted by atomic mass is 10.1. The molecule has 0 N–H and O–H groups in total. The zero-order chi connectivity index (χ0) is 11.4. The van der Waals surface area contributed by atoms with E-state index < -0.39 is 0 Å². The maximum Gasteiger partial charge on any atom is 0.158 e. The van der Waals surface area contributed by atoms with Crippen LogP contribution >= 0.6 is 0 Å². The Balaban J connectivity index is 2.08. The van der Waals surface area contributed by atoms with E-state index in [2.05, 4.69) is 29.6 Å². The van der Waals surface area contributed by atoms with Crippen LogP contribution < -0.4 is 4.57 Å². The van der Waals surface area contributed by atoms with Crippen molar-refractivity contribution in [3.05, 3.63) is 43.1 Å². The highest BCUT2D eigenvalue weighted by Crippen LogP contribution is 2.02. The zero-order valence-corrected chi connectivity index (χ0v) is 9.80. The minimum atomic E-state index is 0.728. The Morgan fingerprint density at radius 1 is 1.44 bits per heavy atom. The maximum absolute atomic E-state index is 4.28. The van der Waals surface area contributed by atoms with E-state index in [-0.39, 0.29) is 0 Å². The van der Waals surface area contributed by atoms with Crippen molar-refractivity contribution in [3.63, 3.8) is 0 Å². The summed E-state index contributed by atoms with van der Waals surface area (Å²) in [6.45, 7) is 5.51. The molecule has 0 aliphatic heterocycles. The first-order chi connectivity index (χ1) is 7.75. The van der Waals surface area contributed by atoms with Gasteiger partial charge in [0.25, 0.3) is 0 Å². The molecule has 0 amide bonds. The summed E-state index contributed by atoms with van der Waals surface area (Å²) in [6.07, 6.45) is 10.1. The van der Waals surface area contributed by atoms with E-state index >= 15 is 0 Å². The van der Waals surface area contributed by atoms with Gasteiger partial charge in [-0.3, -0.25) is 0 Å². The molecule has 16 heavy (non-hydrogen) atoms. The summed E-state index contributed by atoms with van der Waals surface area (Å²) in [7, 11) is 0. The Hall–Kier alpha value is -1.64. The Labute approximate surface area is 96.4 Å².